The number of carbonyl (C=O) groups excluding carboxylic acids is 3. The van der Waals surface area contributed by atoms with E-state index in [-0.39, 0.29) is 34.5 Å². The summed E-state index contributed by atoms with van der Waals surface area (Å²) in [5.74, 6) is -2.13. The van der Waals surface area contributed by atoms with Crippen LogP contribution in [-0.2, 0) is 9.59 Å². The molecule has 2 amide bonds. The van der Waals surface area contributed by atoms with Crippen LogP contribution in [0.25, 0.3) is 11.6 Å². The van der Waals surface area contributed by atoms with Gasteiger partial charge in [-0.1, -0.05) is 30.3 Å². The first-order chi connectivity index (χ1) is 19.2. The number of aromatic nitrogens is 1. The number of primary amides is 1. The lowest BCUT2D eigenvalue weighted by Crippen LogP contribution is -2.36. The van der Waals surface area contributed by atoms with E-state index in [9.17, 15) is 24.3 Å². The van der Waals surface area contributed by atoms with Crippen LogP contribution in [0.15, 0.2) is 48.5 Å². The number of nitrogens with zero attached hydrogens (tertiary/aromatic N) is 2. The summed E-state index contributed by atoms with van der Waals surface area (Å²) in [4.78, 5) is 54.3. The molecule has 40 heavy (non-hydrogen) atoms. The maximum Gasteiger partial charge on any atom is 0.352 e. The van der Waals surface area contributed by atoms with Crippen molar-refractivity contribution in [1.29, 1.82) is 0 Å². The average molecular weight is 543 g/mol. The van der Waals surface area contributed by atoms with Crippen molar-refractivity contribution in [2.45, 2.75) is 32.4 Å². The van der Waals surface area contributed by atoms with Gasteiger partial charge in [0.1, 0.15) is 11.4 Å². The first-order valence-corrected chi connectivity index (χ1v) is 13.0. The Balaban J connectivity index is 1.83. The van der Waals surface area contributed by atoms with Gasteiger partial charge in [0.15, 0.2) is 5.78 Å². The van der Waals surface area contributed by atoms with Gasteiger partial charge in [-0.2, -0.15) is 0 Å². The van der Waals surface area contributed by atoms with Crippen LogP contribution in [0.5, 0.6) is 5.75 Å². The van der Waals surface area contributed by atoms with Crippen LogP contribution in [0.2, 0.25) is 0 Å². The molecule has 3 heterocycles. The molecule has 4 N–H and O–H groups in total. The maximum absolute atomic E-state index is 14.0. The normalized spacial score (nSPS) is 16.6. The molecule has 206 valence electrons. The minimum absolute atomic E-state index is 0.131. The first-order valence-electron chi connectivity index (χ1n) is 13.0. The summed E-state index contributed by atoms with van der Waals surface area (Å²) < 4.78 is 6.86. The number of carboxylic acid groups (broad SMARTS) is 1. The zero-order valence-corrected chi connectivity index (χ0v) is 22.3. The van der Waals surface area contributed by atoms with E-state index in [0.29, 0.717) is 35.7 Å². The smallest absolute Gasteiger partial charge is 0.352 e. The maximum atomic E-state index is 14.0. The molecule has 10 heteroatoms. The molecule has 2 aromatic carbocycles. The van der Waals surface area contributed by atoms with Crippen LogP contribution in [0, 0.1) is 6.92 Å². The van der Waals surface area contributed by atoms with Gasteiger partial charge in [-0.3, -0.25) is 19.3 Å². The Hall–Kier alpha value is -4.70. The number of carbonyl (C=O) groups is 4. The van der Waals surface area contributed by atoms with Crippen LogP contribution in [0.3, 0.4) is 0 Å². The summed E-state index contributed by atoms with van der Waals surface area (Å²) >= 11 is 0. The number of ether oxygens (including phenoxy) is 1. The number of ketones is 1. The number of benzene rings is 2. The Morgan fingerprint density at radius 3 is 2.45 bits per heavy atom. The van der Waals surface area contributed by atoms with E-state index < -0.39 is 29.7 Å². The van der Waals surface area contributed by atoms with E-state index >= 15 is 0 Å². The van der Waals surface area contributed by atoms with Crippen molar-refractivity contribution in [3.63, 3.8) is 0 Å². The third-order valence-electron chi connectivity index (χ3n) is 7.49. The van der Waals surface area contributed by atoms with E-state index in [0.717, 1.165) is 12.8 Å². The second-order valence-electron chi connectivity index (χ2n) is 9.92. The standard InChI is InChI=1S/C30H30N4O6/c1-17-26(28(36)18-8-4-3-5-9-18)23(15-21-20-14-19(40-2)10-11-22(20)32-29(21)37)34(27(17)30(38)39)25(16-24(31)35)33-12-6-7-13-33/h3-5,8-11,14-15,25H,6-7,12-13,16H2,1-2H3,(H2,31,35)(H,32,37)(H,38,39). The first kappa shape index (κ1) is 26.9. The molecule has 1 saturated heterocycles. The predicted octanol–water partition coefficient (Wildman–Crippen LogP) is 3.70. The van der Waals surface area contributed by atoms with E-state index in [1.807, 2.05) is 4.90 Å². The molecule has 10 nitrogen and oxygen atoms in total. The van der Waals surface area contributed by atoms with Crippen LogP contribution in [0.4, 0.5) is 5.69 Å². The van der Waals surface area contributed by atoms with Crippen molar-refractivity contribution in [1.82, 2.24) is 9.47 Å². The van der Waals surface area contributed by atoms with Crippen LogP contribution >= 0.6 is 0 Å². The Labute approximate surface area is 231 Å². The van der Waals surface area contributed by atoms with Crippen molar-refractivity contribution >= 4 is 40.9 Å². The van der Waals surface area contributed by atoms with Crippen LogP contribution in [0.1, 0.15) is 68.7 Å². The number of hydrogen-bond donors (Lipinski definition) is 3. The fourth-order valence-corrected chi connectivity index (χ4v) is 5.64. The molecule has 0 bridgehead atoms. The Kier molecular flexibility index (Phi) is 7.27. The monoisotopic (exact) mass is 542 g/mol. The van der Waals surface area contributed by atoms with Gasteiger partial charge in [-0.15, -0.1) is 0 Å². The van der Waals surface area contributed by atoms with Crippen LogP contribution < -0.4 is 15.8 Å². The van der Waals surface area contributed by atoms with Crippen LogP contribution in [-0.4, -0.2) is 58.3 Å². The number of amides is 2. The minimum Gasteiger partial charge on any atom is -0.497 e. The molecular formula is C30H30N4O6. The quantitative estimate of drug-likeness (QED) is 0.276. The Bertz CT molecular complexity index is 1550. The van der Waals surface area contributed by atoms with Gasteiger partial charge in [0.05, 0.1) is 36.5 Å². The molecule has 1 atom stereocenters. The molecule has 2 aliphatic heterocycles. The van der Waals surface area contributed by atoms with Crippen molar-refractivity contribution < 1.29 is 29.0 Å². The fraction of sp³-hybridized carbons (Fsp3) is 0.267. The summed E-state index contributed by atoms with van der Waals surface area (Å²) in [5.41, 5.74) is 7.87. The second-order valence-corrected chi connectivity index (χ2v) is 9.92. The number of likely N-dealkylation sites (tertiary alicyclic amines) is 1. The van der Waals surface area contributed by atoms with Crippen molar-refractivity contribution in [3.8, 4) is 5.75 Å². The Morgan fingerprint density at radius 2 is 1.82 bits per heavy atom. The summed E-state index contributed by atoms with van der Waals surface area (Å²) in [5, 5.41) is 13.2. The van der Waals surface area contributed by atoms with Gasteiger partial charge >= 0.3 is 5.97 Å². The van der Waals surface area contributed by atoms with Crippen molar-refractivity contribution in [2.75, 3.05) is 25.5 Å². The van der Waals surface area contributed by atoms with E-state index in [2.05, 4.69) is 5.32 Å². The lowest BCUT2D eigenvalue weighted by molar-refractivity contribution is -0.120. The van der Waals surface area contributed by atoms with E-state index in [4.69, 9.17) is 10.5 Å². The SMILES string of the molecule is COc1ccc2c(c1)C(=Cc1c(C(=O)c3ccccc3)c(C)c(C(=O)O)n1C(CC(N)=O)N1CCCC1)C(=O)N2. The lowest BCUT2D eigenvalue weighted by Gasteiger charge is -2.30. The van der Waals surface area contributed by atoms with Gasteiger partial charge in [0, 0.05) is 29.9 Å². The molecule has 0 spiro atoms. The third kappa shape index (κ3) is 4.77. The number of anilines is 1. The highest BCUT2D eigenvalue weighted by Gasteiger charge is 2.36. The summed E-state index contributed by atoms with van der Waals surface area (Å²) in [6, 6.07) is 13.7. The molecule has 0 aliphatic carbocycles. The van der Waals surface area contributed by atoms with Gasteiger partial charge in [0.25, 0.3) is 5.91 Å². The van der Waals surface area contributed by atoms with Crippen molar-refractivity contribution in [3.05, 3.63) is 82.2 Å². The Morgan fingerprint density at radius 1 is 1.12 bits per heavy atom. The average Bonchev–Trinajstić information content (AvgIpc) is 3.64. The van der Waals surface area contributed by atoms with Gasteiger partial charge in [-0.25, -0.2) is 4.79 Å². The lowest BCUT2D eigenvalue weighted by atomic mass is 9.97. The molecular weight excluding hydrogens is 512 g/mol. The summed E-state index contributed by atoms with van der Waals surface area (Å²) in [6.45, 7) is 2.84. The molecule has 1 aromatic heterocycles. The molecule has 2 aliphatic rings. The zero-order chi connectivity index (χ0) is 28.6. The van der Waals surface area contributed by atoms with E-state index in [1.54, 1.807) is 61.5 Å². The largest absolute Gasteiger partial charge is 0.497 e. The minimum atomic E-state index is -1.25. The number of aromatic carboxylic acids is 1. The summed E-state index contributed by atoms with van der Waals surface area (Å²) in [7, 11) is 1.52. The highest BCUT2D eigenvalue weighted by molar-refractivity contribution is 6.35. The second kappa shape index (κ2) is 10.8. The third-order valence-corrected chi connectivity index (χ3v) is 7.49. The van der Waals surface area contributed by atoms with Gasteiger partial charge in [0.2, 0.25) is 5.91 Å². The number of hydrogen-bond acceptors (Lipinski definition) is 6. The number of nitrogens with one attached hydrogen (secondary N) is 1. The number of carboxylic acids is 1. The molecule has 1 unspecified atom stereocenters. The molecule has 0 saturated carbocycles. The number of nitrogens with two attached hydrogens (primary N) is 1. The number of rotatable bonds is 9. The number of methoxy groups -OCH3 is 1. The number of fused-ring (bicyclic) bond motifs is 1. The molecule has 0 radical (unpaired) electrons. The zero-order valence-electron chi connectivity index (χ0n) is 22.3. The van der Waals surface area contributed by atoms with E-state index in [1.165, 1.54) is 11.7 Å². The van der Waals surface area contributed by atoms with Gasteiger partial charge in [-0.05, 0) is 49.6 Å². The highest BCUT2D eigenvalue weighted by atomic mass is 16.5. The molecule has 5 rings (SSSR count). The topological polar surface area (TPSA) is 144 Å². The predicted molar refractivity (Wildman–Crippen MR) is 149 cm³/mol. The summed E-state index contributed by atoms with van der Waals surface area (Å²) in [6.07, 6.45) is 2.36. The molecule has 1 fully saturated rings. The van der Waals surface area contributed by atoms with Crippen molar-refractivity contribution in [2.24, 2.45) is 5.73 Å². The fourth-order valence-electron chi connectivity index (χ4n) is 5.64. The highest BCUT2D eigenvalue weighted by Crippen LogP contribution is 2.39. The van der Waals surface area contributed by atoms with Gasteiger partial charge < -0.3 is 25.5 Å². The molecule has 3 aromatic rings.